The summed E-state index contributed by atoms with van der Waals surface area (Å²) in [5, 5.41) is 6.70. The molecule has 0 bridgehead atoms. The largest absolute Gasteiger partial charge is 0.490 e. The minimum Gasteiger partial charge on any atom is -0.490 e. The molecule has 1 aromatic carbocycles. The standard InChI is InChI=1S/C21H38N4O3/c1-6-22-21(24-13-14-25(4)15-16-26-5)23-12-11-18-9-10-19(27-7-2)20(17-18)28-8-3/h9-10,17H,6-8,11-16H2,1-5H3,(H2,22,23,24). The minimum atomic E-state index is 0.623. The molecule has 0 heterocycles. The van der Waals surface area contributed by atoms with Gasteiger partial charge in [0.1, 0.15) is 0 Å². The van der Waals surface area contributed by atoms with E-state index in [-0.39, 0.29) is 0 Å². The number of nitrogens with zero attached hydrogens (tertiary/aromatic N) is 2. The van der Waals surface area contributed by atoms with E-state index in [1.165, 1.54) is 5.56 Å². The van der Waals surface area contributed by atoms with Gasteiger partial charge in [0, 0.05) is 33.3 Å². The van der Waals surface area contributed by atoms with E-state index >= 15 is 0 Å². The van der Waals surface area contributed by atoms with Crippen molar-refractivity contribution in [3.8, 4) is 11.5 Å². The lowest BCUT2D eigenvalue weighted by molar-refractivity contribution is 0.163. The van der Waals surface area contributed by atoms with Crippen LogP contribution in [-0.2, 0) is 11.2 Å². The molecule has 1 aromatic rings. The maximum atomic E-state index is 5.70. The molecule has 0 fully saturated rings. The van der Waals surface area contributed by atoms with Crippen molar-refractivity contribution < 1.29 is 14.2 Å². The van der Waals surface area contributed by atoms with Gasteiger partial charge in [0.25, 0.3) is 0 Å². The molecular formula is C21H38N4O3. The average molecular weight is 395 g/mol. The first-order valence-corrected chi connectivity index (χ1v) is 10.2. The Bertz CT molecular complexity index is 567. The second-order valence-electron chi connectivity index (χ2n) is 6.38. The third-order valence-electron chi connectivity index (χ3n) is 4.09. The summed E-state index contributed by atoms with van der Waals surface area (Å²) < 4.78 is 16.4. The zero-order valence-electron chi connectivity index (χ0n) is 18.2. The second kappa shape index (κ2) is 15.0. The van der Waals surface area contributed by atoms with Crippen LogP contribution >= 0.6 is 0 Å². The number of aliphatic imine (C=N–C) groups is 1. The third-order valence-corrected chi connectivity index (χ3v) is 4.09. The second-order valence-corrected chi connectivity index (χ2v) is 6.38. The molecule has 0 aliphatic rings. The van der Waals surface area contributed by atoms with Crippen LogP contribution < -0.4 is 20.1 Å². The summed E-state index contributed by atoms with van der Waals surface area (Å²) in [5.41, 5.74) is 1.20. The van der Waals surface area contributed by atoms with Crippen molar-refractivity contribution in [1.82, 2.24) is 15.5 Å². The molecule has 0 amide bonds. The maximum absolute atomic E-state index is 5.70. The maximum Gasteiger partial charge on any atom is 0.191 e. The summed E-state index contributed by atoms with van der Waals surface area (Å²) in [6.07, 6.45) is 0.880. The van der Waals surface area contributed by atoms with Gasteiger partial charge < -0.3 is 29.7 Å². The number of likely N-dealkylation sites (N-methyl/N-ethyl adjacent to an activating group) is 1. The van der Waals surface area contributed by atoms with Gasteiger partial charge >= 0.3 is 0 Å². The molecule has 0 aromatic heterocycles. The molecule has 2 N–H and O–H groups in total. The lowest BCUT2D eigenvalue weighted by Gasteiger charge is -2.16. The van der Waals surface area contributed by atoms with E-state index in [0.717, 1.165) is 63.2 Å². The van der Waals surface area contributed by atoms with Crippen molar-refractivity contribution in [2.75, 3.05) is 66.7 Å². The first-order chi connectivity index (χ1) is 13.6. The molecule has 0 aliphatic heterocycles. The normalized spacial score (nSPS) is 11.6. The van der Waals surface area contributed by atoms with E-state index in [9.17, 15) is 0 Å². The van der Waals surface area contributed by atoms with Crippen LogP contribution in [-0.4, -0.2) is 77.6 Å². The van der Waals surface area contributed by atoms with Crippen molar-refractivity contribution in [1.29, 1.82) is 0 Å². The van der Waals surface area contributed by atoms with Crippen LogP contribution in [0.1, 0.15) is 26.3 Å². The van der Waals surface area contributed by atoms with E-state index in [1.807, 2.05) is 19.9 Å². The van der Waals surface area contributed by atoms with Crippen molar-refractivity contribution >= 4 is 5.96 Å². The number of rotatable bonds is 14. The number of hydrogen-bond donors (Lipinski definition) is 2. The first-order valence-electron chi connectivity index (χ1n) is 10.2. The Hall–Kier alpha value is -1.99. The third kappa shape index (κ3) is 9.80. The van der Waals surface area contributed by atoms with Gasteiger partial charge in [-0.2, -0.15) is 0 Å². The van der Waals surface area contributed by atoms with Crippen LogP contribution in [0.4, 0.5) is 0 Å². The van der Waals surface area contributed by atoms with Crippen LogP contribution in [0.5, 0.6) is 11.5 Å². The Balaban J connectivity index is 2.52. The molecule has 0 spiro atoms. The van der Waals surface area contributed by atoms with Gasteiger partial charge in [-0.05, 0) is 51.9 Å². The van der Waals surface area contributed by atoms with Gasteiger partial charge in [-0.1, -0.05) is 6.07 Å². The zero-order valence-corrected chi connectivity index (χ0v) is 18.2. The fourth-order valence-electron chi connectivity index (χ4n) is 2.61. The highest BCUT2D eigenvalue weighted by atomic mass is 16.5. The Morgan fingerprint density at radius 3 is 2.46 bits per heavy atom. The Morgan fingerprint density at radius 1 is 1.04 bits per heavy atom. The number of guanidine groups is 1. The molecule has 0 unspecified atom stereocenters. The van der Waals surface area contributed by atoms with Crippen molar-refractivity contribution in [3.63, 3.8) is 0 Å². The van der Waals surface area contributed by atoms with E-state index < -0.39 is 0 Å². The van der Waals surface area contributed by atoms with Gasteiger partial charge in [0.15, 0.2) is 17.5 Å². The number of methoxy groups -OCH3 is 1. The highest BCUT2D eigenvalue weighted by Crippen LogP contribution is 2.28. The lowest BCUT2D eigenvalue weighted by Crippen LogP contribution is -2.39. The number of ether oxygens (including phenoxy) is 3. The fourth-order valence-corrected chi connectivity index (χ4v) is 2.61. The Labute approximate surface area is 170 Å². The Kier molecular flexibility index (Phi) is 12.9. The SMILES string of the molecule is CCNC(=NCCN(C)CCOC)NCCc1ccc(OCC)c(OCC)c1. The van der Waals surface area contributed by atoms with Crippen LogP contribution in [0.2, 0.25) is 0 Å². The summed E-state index contributed by atoms with van der Waals surface area (Å²) in [5.74, 6) is 2.45. The molecule has 28 heavy (non-hydrogen) atoms. The number of benzene rings is 1. The molecule has 7 heteroatoms. The number of hydrogen-bond acceptors (Lipinski definition) is 5. The van der Waals surface area contributed by atoms with Crippen LogP contribution in [0.25, 0.3) is 0 Å². The molecular weight excluding hydrogens is 356 g/mol. The van der Waals surface area contributed by atoms with Crippen molar-refractivity contribution in [2.45, 2.75) is 27.2 Å². The molecule has 160 valence electrons. The number of nitrogens with one attached hydrogen (secondary N) is 2. The molecule has 1 rings (SSSR count). The van der Waals surface area contributed by atoms with Gasteiger partial charge in [0.05, 0.1) is 26.4 Å². The molecule has 0 saturated heterocycles. The van der Waals surface area contributed by atoms with Crippen LogP contribution in [0.3, 0.4) is 0 Å². The summed E-state index contributed by atoms with van der Waals surface area (Å²) in [7, 11) is 3.80. The van der Waals surface area contributed by atoms with Crippen molar-refractivity contribution in [3.05, 3.63) is 23.8 Å². The van der Waals surface area contributed by atoms with Crippen LogP contribution in [0, 0.1) is 0 Å². The smallest absolute Gasteiger partial charge is 0.191 e. The van der Waals surface area contributed by atoms with Gasteiger partial charge in [-0.3, -0.25) is 4.99 Å². The zero-order chi connectivity index (χ0) is 20.6. The highest BCUT2D eigenvalue weighted by Gasteiger charge is 2.06. The van der Waals surface area contributed by atoms with E-state index in [4.69, 9.17) is 14.2 Å². The molecule has 0 radical (unpaired) electrons. The summed E-state index contributed by atoms with van der Waals surface area (Å²) in [6, 6.07) is 6.13. The van der Waals surface area contributed by atoms with Gasteiger partial charge in [-0.25, -0.2) is 0 Å². The predicted octanol–water partition coefficient (Wildman–Crippen LogP) is 2.16. The quantitative estimate of drug-likeness (QED) is 0.372. The molecule has 7 nitrogen and oxygen atoms in total. The highest BCUT2D eigenvalue weighted by molar-refractivity contribution is 5.79. The van der Waals surface area contributed by atoms with Crippen LogP contribution in [0.15, 0.2) is 23.2 Å². The molecule has 0 atom stereocenters. The van der Waals surface area contributed by atoms with E-state index in [1.54, 1.807) is 7.11 Å². The first kappa shape index (κ1) is 24.0. The van der Waals surface area contributed by atoms with Crippen molar-refractivity contribution in [2.24, 2.45) is 4.99 Å². The lowest BCUT2D eigenvalue weighted by atomic mass is 10.1. The van der Waals surface area contributed by atoms with Gasteiger partial charge in [0.2, 0.25) is 0 Å². The fraction of sp³-hybridized carbons (Fsp3) is 0.667. The molecule has 0 aliphatic carbocycles. The van der Waals surface area contributed by atoms with E-state index in [0.29, 0.717) is 13.2 Å². The summed E-state index contributed by atoms with van der Waals surface area (Å²) >= 11 is 0. The Morgan fingerprint density at radius 2 is 1.79 bits per heavy atom. The van der Waals surface area contributed by atoms with Gasteiger partial charge in [-0.15, -0.1) is 0 Å². The summed E-state index contributed by atoms with van der Waals surface area (Å²) in [6.45, 7) is 12.2. The monoisotopic (exact) mass is 394 g/mol. The summed E-state index contributed by atoms with van der Waals surface area (Å²) in [4.78, 5) is 6.86. The average Bonchev–Trinajstić information content (AvgIpc) is 2.68. The topological polar surface area (TPSA) is 67.4 Å². The molecule has 0 saturated carbocycles. The predicted molar refractivity (Wildman–Crippen MR) is 116 cm³/mol. The minimum absolute atomic E-state index is 0.623. The van der Waals surface area contributed by atoms with E-state index in [2.05, 4.69) is 46.6 Å².